The molecular weight excluding hydrogens is 226 g/mol. The SMILES string of the molecule is CC(C)(C)C(O)(CN)c1cccc2c1OCCC2. The molecule has 18 heavy (non-hydrogen) atoms. The Morgan fingerprint density at radius 2 is 2.06 bits per heavy atom. The summed E-state index contributed by atoms with van der Waals surface area (Å²) in [5, 5.41) is 11.0. The number of para-hydroxylation sites is 1. The molecule has 2 rings (SSSR count). The minimum atomic E-state index is -1.06. The lowest BCUT2D eigenvalue weighted by Gasteiger charge is -2.41. The van der Waals surface area contributed by atoms with Crippen molar-refractivity contribution in [1.82, 2.24) is 0 Å². The van der Waals surface area contributed by atoms with Crippen molar-refractivity contribution >= 4 is 0 Å². The average Bonchev–Trinajstić information content (AvgIpc) is 2.35. The Bertz CT molecular complexity index is 437. The van der Waals surface area contributed by atoms with Crippen LogP contribution >= 0.6 is 0 Å². The van der Waals surface area contributed by atoms with E-state index in [0.717, 1.165) is 30.8 Å². The molecule has 0 aliphatic carbocycles. The topological polar surface area (TPSA) is 55.5 Å². The largest absolute Gasteiger partial charge is 0.493 e. The van der Waals surface area contributed by atoms with Crippen molar-refractivity contribution < 1.29 is 9.84 Å². The van der Waals surface area contributed by atoms with Gasteiger partial charge in [0.25, 0.3) is 0 Å². The Balaban J connectivity index is 2.56. The van der Waals surface area contributed by atoms with Gasteiger partial charge >= 0.3 is 0 Å². The summed E-state index contributed by atoms with van der Waals surface area (Å²) in [5.41, 5.74) is 6.46. The number of hydrogen-bond acceptors (Lipinski definition) is 3. The van der Waals surface area contributed by atoms with Gasteiger partial charge in [-0.3, -0.25) is 0 Å². The highest BCUT2D eigenvalue weighted by molar-refractivity contribution is 5.46. The molecule has 0 bridgehead atoms. The maximum Gasteiger partial charge on any atom is 0.128 e. The molecular formula is C15H23NO2. The van der Waals surface area contributed by atoms with Crippen molar-refractivity contribution in [1.29, 1.82) is 0 Å². The molecule has 0 fully saturated rings. The summed E-state index contributed by atoms with van der Waals surface area (Å²) >= 11 is 0. The monoisotopic (exact) mass is 249 g/mol. The van der Waals surface area contributed by atoms with Crippen LogP contribution in [0.3, 0.4) is 0 Å². The Labute approximate surface area is 109 Å². The van der Waals surface area contributed by atoms with Crippen LogP contribution in [-0.4, -0.2) is 18.3 Å². The molecule has 0 saturated heterocycles. The van der Waals surface area contributed by atoms with E-state index in [4.69, 9.17) is 10.5 Å². The van der Waals surface area contributed by atoms with E-state index in [2.05, 4.69) is 6.07 Å². The third kappa shape index (κ3) is 2.02. The van der Waals surface area contributed by atoms with Gasteiger partial charge in [0.05, 0.1) is 6.61 Å². The Morgan fingerprint density at radius 3 is 2.67 bits per heavy atom. The fourth-order valence-electron chi connectivity index (χ4n) is 2.53. The number of rotatable bonds is 2. The van der Waals surface area contributed by atoms with E-state index in [1.54, 1.807) is 0 Å². The van der Waals surface area contributed by atoms with E-state index in [-0.39, 0.29) is 12.0 Å². The molecule has 0 amide bonds. The fourth-order valence-corrected chi connectivity index (χ4v) is 2.53. The number of benzene rings is 1. The number of aryl methyl sites for hydroxylation is 1. The second kappa shape index (κ2) is 4.56. The summed E-state index contributed by atoms with van der Waals surface area (Å²) in [6.45, 7) is 6.91. The molecule has 0 aromatic heterocycles. The van der Waals surface area contributed by atoms with Gasteiger partial charge in [0.1, 0.15) is 11.4 Å². The molecule has 3 nitrogen and oxygen atoms in total. The standard InChI is InChI=1S/C15H23NO2/c1-14(2,3)15(17,10-16)12-8-4-6-11-7-5-9-18-13(11)12/h4,6,8,17H,5,7,9-10,16H2,1-3H3. The zero-order chi connectivity index (χ0) is 13.4. The highest BCUT2D eigenvalue weighted by atomic mass is 16.5. The summed E-state index contributed by atoms with van der Waals surface area (Å²) in [5.74, 6) is 0.839. The van der Waals surface area contributed by atoms with Crippen LogP contribution < -0.4 is 10.5 Å². The van der Waals surface area contributed by atoms with Crippen molar-refractivity contribution in [2.24, 2.45) is 11.1 Å². The molecule has 1 aromatic rings. The van der Waals surface area contributed by atoms with Crippen molar-refractivity contribution in [3.05, 3.63) is 29.3 Å². The summed E-state index contributed by atoms with van der Waals surface area (Å²) in [7, 11) is 0. The first-order valence-corrected chi connectivity index (χ1v) is 6.58. The van der Waals surface area contributed by atoms with Gasteiger partial charge in [-0.2, -0.15) is 0 Å². The minimum absolute atomic E-state index is 0.191. The summed E-state index contributed by atoms with van der Waals surface area (Å²) < 4.78 is 5.78. The molecule has 100 valence electrons. The summed E-state index contributed by atoms with van der Waals surface area (Å²) in [6, 6.07) is 5.98. The lowest BCUT2D eigenvalue weighted by Crippen LogP contribution is -2.46. The average molecular weight is 249 g/mol. The first-order chi connectivity index (χ1) is 8.40. The molecule has 1 aromatic carbocycles. The molecule has 1 aliphatic heterocycles. The second-order valence-corrected chi connectivity index (χ2v) is 6.06. The third-order valence-corrected chi connectivity index (χ3v) is 3.92. The first-order valence-electron chi connectivity index (χ1n) is 6.58. The van der Waals surface area contributed by atoms with Crippen molar-refractivity contribution in [3.63, 3.8) is 0 Å². The van der Waals surface area contributed by atoms with Gasteiger partial charge in [-0.1, -0.05) is 39.0 Å². The van der Waals surface area contributed by atoms with Gasteiger partial charge in [-0.15, -0.1) is 0 Å². The third-order valence-electron chi connectivity index (χ3n) is 3.92. The summed E-state index contributed by atoms with van der Waals surface area (Å²) in [4.78, 5) is 0. The smallest absolute Gasteiger partial charge is 0.128 e. The van der Waals surface area contributed by atoms with Gasteiger partial charge in [0.15, 0.2) is 0 Å². The molecule has 1 atom stereocenters. The molecule has 1 heterocycles. The molecule has 1 unspecified atom stereocenters. The zero-order valence-corrected chi connectivity index (χ0v) is 11.5. The summed E-state index contributed by atoms with van der Waals surface area (Å²) in [6.07, 6.45) is 2.04. The zero-order valence-electron chi connectivity index (χ0n) is 11.5. The van der Waals surface area contributed by atoms with Crippen LogP contribution in [0.2, 0.25) is 0 Å². The van der Waals surface area contributed by atoms with Gasteiger partial charge in [-0.05, 0) is 23.8 Å². The van der Waals surface area contributed by atoms with E-state index < -0.39 is 5.60 Å². The number of hydrogen-bond donors (Lipinski definition) is 2. The lowest BCUT2D eigenvalue weighted by molar-refractivity contribution is -0.0578. The molecule has 1 aliphatic rings. The molecule has 0 spiro atoms. The van der Waals surface area contributed by atoms with Gasteiger partial charge < -0.3 is 15.6 Å². The van der Waals surface area contributed by atoms with Crippen LogP contribution in [0.15, 0.2) is 18.2 Å². The second-order valence-electron chi connectivity index (χ2n) is 6.06. The highest BCUT2D eigenvalue weighted by Gasteiger charge is 2.43. The van der Waals surface area contributed by atoms with Crippen LogP contribution in [-0.2, 0) is 12.0 Å². The number of ether oxygens (including phenoxy) is 1. The Kier molecular flexibility index (Phi) is 3.39. The molecule has 0 saturated carbocycles. The maximum absolute atomic E-state index is 11.0. The van der Waals surface area contributed by atoms with Gasteiger partial charge in [0, 0.05) is 12.1 Å². The van der Waals surface area contributed by atoms with E-state index in [1.807, 2.05) is 32.9 Å². The van der Waals surface area contributed by atoms with Gasteiger partial charge in [0.2, 0.25) is 0 Å². The molecule has 3 N–H and O–H groups in total. The number of fused-ring (bicyclic) bond motifs is 1. The predicted octanol–water partition coefficient (Wildman–Crippen LogP) is 2.20. The highest BCUT2D eigenvalue weighted by Crippen LogP contribution is 2.44. The van der Waals surface area contributed by atoms with Crippen molar-refractivity contribution in [2.45, 2.75) is 39.2 Å². The first kappa shape index (κ1) is 13.4. The molecule has 3 heteroatoms. The van der Waals surface area contributed by atoms with Gasteiger partial charge in [-0.25, -0.2) is 0 Å². The van der Waals surface area contributed by atoms with Crippen LogP contribution in [0.5, 0.6) is 5.75 Å². The van der Waals surface area contributed by atoms with Crippen LogP contribution in [0, 0.1) is 5.41 Å². The van der Waals surface area contributed by atoms with Crippen LogP contribution in [0.25, 0.3) is 0 Å². The normalized spacial score (nSPS) is 18.7. The van der Waals surface area contributed by atoms with Crippen molar-refractivity contribution in [2.75, 3.05) is 13.2 Å². The van der Waals surface area contributed by atoms with Crippen LogP contribution in [0.4, 0.5) is 0 Å². The van der Waals surface area contributed by atoms with E-state index in [1.165, 1.54) is 5.56 Å². The number of aliphatic hydroxyl groups is 1. The minimum Gasteiger partial charge on any atom is -0.493 e. The van der Waals surface area contributed by atoms with E-state index >= 15 is 0 Å². The molecule has 0 radical (unpaired) electrons. The maximum atomic E-state index is 11.0. The Hall–Kier alpha value is -1.06. The van der Waals surface area contributed by atoms with E-state index in [9.17, 15) is 5.11 Å². The number of nitrogens with two attached hydrogens (primary N) is 1. The van der Waals surface area contributed by atoms with Crippen LogP contribution in [0.1, 0.15) is 38.3 Å². The predicted molar refractivity (Wildman–Crippen MR) is 72.7 cm³/mol. The fraction of sp³-hybridized carbons (Fsp3) is 0.600. The van der Waals surface area contributed by atoms with Crippen molar-refractivity contribution in [3.8, 4) is 5.75 Å². The lowest BCUT2D eigenvalue weighted by atomic mass is 9.71. The van der Waals surface area contributed by atoms with E-state index in [0.29, 0.717) is 0 Å². The quantitative estimate of drug-likeness (QED) is 0.845. The Morgan fingerprint density at radius 1 is 1.33 bits per heavy atom.